The zero-order valence-corrected chi connectivity index (χ0v) is 6.51. The molecule has 0 aromatic heterocycles. The molecule has 0 N–H and O–H groups in total. The highest BCUT2D eigenvalue weighted by molar-refractivity contribution is 9.25. The Labute approximate surface area is 53.4 Å². The average molecular weight is 220 g/mol. The van der Waals surface area contributed by atoms with E-state index in [4.69, 9.17) is 0 Å². The summed E-state index contributed by atoms with van der Waals surface area (Å²) in [6.07, 6.45) is 0. The van der Waals surface area contributed by atoms with E-state index in [1.165, 1.54) is 0 Å². The van der Waals surface area contributed by atoms with E-state index in [0.717, 1.165) is 0 Å². The molecule has 0 saturated carbocycles. The lowest BCUT2D eigenvalue weighted by atomic mass is 10.6. The van der Waals surface area contributed by atoms with Crippen LogP contribution in [-0.4, -0.2) is 9.91 Å². The second-order valence-electron chi connectivity index (χ2n) is 1.20. The lowest BCUT2D eigenvalue weighted by Gasteiger charge is -2.04. The van der Waals surface area contributed by atoms with E-state index in [1.807, 2.05) is 0 Å². The Hall–Kier alpha value is 0.890. The lowest BCUT2D eigenvalue weighted by molar-refractivity contribution is 0.486. The van der Waals surface area contributed by atoms with Crippen LogP contribution in [0.2, 0.25) is 0 Å². The van der Waals surface area contributed by atoms with Gasteiger partial charge in [-0.3, -0.25) is 0 Å². The molecule has 0 aliphatic carbocycles. The van der Waals surface area contributed by atoms with Gasteiger partial charge in [-0.2, -0.15) is 0 Å². The number of alkyl halides is 3. The molecule has 3 heteroatoms. The highest BCUT2D eigenvalue weighted by Gasteiger charge is 2.12. The van der Waals surface area contributed by atoms with Crippen LogP contribution in [0, 0.1) is 0 Å². The van der Waals surface area contributed by atoms with Crippen LogP contribution in [0.25, 0.3) is 0 Å². The average Bonchev–Trinajstić information content (AvgIpc) is 1.35. The van der Waals surface area contributed by atoms with Crippen molar-refractivity contribution < 1.29 is 4.39 Å². The summed E-state index contributed by atoms with van der Waals surface area (Å²) in [6.45, 7) is 1.31. The molecular weight excluding hydrogens is 215 g/mol. The number of halogens is 3. The zero-order valence-electron chi connectivity index (χ0n) is 3.34. The molecule has 0 nitrogen and oxygen atoms in total. The first-order valence-corrected chi connectivity index (χ1v) is 3.08. The molecular formula is C3H5Br2F. The molecule has 0 aromatic carbocycles. The summed E-state index contributed by atoms with van der Waals surface area (Å²) in [7, 11) is 0. The molecule has 6 heavy (non-hydrogen) atoms. The minimum Gasteiger partial charge on any atom is -0.249 e. The quantitative estimate of drug-likeness (QED) is 0.595. The molecule has 0 rings (SSSR count). The maximum Gasteiger partial charge on any atom is 0.114 e. The van der Waals surface area contributed by atoms with Crippen molar-refractivity contribution in [3.63, 3.8) is 0 Å². The van der Waals surface area contributed by atoms with E-state index in [1.54, 1.807) is 6.92 Å². The van der Waals surface area contributed by atoms with Crippen LogP contribution in [0.4, 0.5) is 4.39 Å². The van der Waals surface area contributed by atoms with Gasteiger partial charge in [0, 0.05) is 0 Å². The normalized spacial score (nSPS) is 12.0. The number of rotatable bonds is 1. The third-order valence-electron chi connectivity index (χ3n) is 0.235. The summed E-state index contributed by atoms with van der Waals surface area (Å²) < 4.78 is 10.9. The standard InChI is InChI=1S/C3H5Br2F/c1-3(4,5)2-6/h2H2,1H3. The molecule has 38 valence electrons. The summed E-state index contributed by atoms with van der Waals surface area (Å²) in [4.78, 5) is 0. The molecule has 0 amide bonds. The SMILES string of the molecule is CC(Br)(Br)CF. The van der Waals surface area contributed by atoms with E-state index in [0.29, 0.717) is 0 Å². The summed E-state index contributed by atoms with van der Waals surface area (Å²) in [6, 6.07) is 0. The maximum absolute atomic E-state index is 11.4. The van der Waals surface area contributed by atoms with Crippen molar-refractivity contribution in [2.75, 3.05) is 6.67 Å². The predicted octanol–water partition coefficient (Wildman–Crippen LogP) is 2.46. The van der Waals surface area contributed by atoms with Crippen molar-refractivity contribution >= 4 is 31.9 Å². The fourth-order valence-electron chi connectivity index (χ4n) is 0. The molecule has 0 heterocycles. The fourth-order valence-corrected chi connectivity index (χ4v) is 0. The van der Waals surface area contributed by atoms with Crippen molar-refractivity contribution in [3.8, 4) is 0 Å². The Balaban J connectivity index is 3.17. The summed E-state index contributed by atoms with van der Waals surface area (Å²) in [5, 5.41) is 0. The molecule has 0 aliphatic heterocycles. The second kappa shape index (κ2) is 2.26. The third-order valence-corrected chi connectivity index (χ3v) is 0.659. The molecule has 0 bridgehead atoms. The molecule has 0 atom stereocenters. The fraction of sp³-hybridized carbons (Fsp3) is 1.00. The maximum atomic E-state index is 11.4. The smallest absolute Gasteiger partial charge is 0.114 e. The highest BCUT2D eigenvalue weighted by atomic mass is 79.9. The Kier molecular flexibility index (Phi) is 2.60. The Morgan fingerprint density at radius 2 is 1.83 bits per heavy atom. The Bertz CT molecular complexity index is 38.5. The van der Waals surface area contributed by atoms with Crippen LogP contribution in [-0.2, 0) is 0 Å². The second-order valence-corrected chi connectivity index (χ2v) is 5.77. The summed E-state index contributed by atoms with van der Waals surface area (Å²) in [5.74, 6) is 0. The van der Waals surface area contributed by atoms with E-state index in [2.05, 4.69) is 31.9 Å². The van der Waals surface area contributed by atoms with Crippen LogP contribution in [0.15, 0.2) is 0 Å². The molecule has 0 unspecified atom stereocenters. The largest absolute Gasteiger partial charge is 0.249 e. The van der Waals surface area contributed by atoms with Gasteiger partial charge in [0.25, 0.3) is 0 Å². The molecule has 0 saturated heterocycles. The predicted molar refractivity (Wildman–Crippen MR) is 32.2 cm³/mol. The van der Waals surface area contributed by atoms with Gasteiger partial charge in [0.2, 0.25) is 0 Å². The van der Waals surface area contributed by atoms with Crippen LogP contribution in [0.1, 0.15) is 6.92 Å². The van der Waals surface area contributed by atoms with E-state index < -0.39 is 9.91 Å². The van der Waals surface area contributed by atoms with Crippen molar-refractivity contribution in [2.45, 2.75) is 10.2 Å². The van der Waals surface area contributed by atoms with Gasteiger partial charge in [-0.25, -0.2) is 4.39 Å². The van der Waals surface area contributed by atoms with Crippen LogP contribution < -0.4 is 0 Å². The molecule has 0 spiro atoms. The number of hydrogen-bond acceptors (Lipinski definition) is 0. The Morgan fingerprint density at radius 3 is 1.83 bits per heavy atom. The van der Waals surface area contributed by atoms with Crippen LogP contribution >= 0.6 is 31.9 Å². The van der Waals surface area contributed by atoms with Gasteiger partial charge in [-0.1, -0.05) is 31.9 Å². The highest BCUT2D eigenvalue weighted by Crippen LogP contribution is 2.24. The molecule has 0 aromatic rings. The van der Waals surface area contributed by atoms with E-state index in [9.17, 15) is 4.39 Å². The first kappa shape index (κ1) is 6.89. The van der Waals surface area contributed by atoms with Crippen LogP contribution in [0.5, 0.6) is 0 Å². The molecule has 0 radical (unpaired) electrons. The van der Waals surface area contributed by atoms with Gasteiger partial charge in [-0.05, 0) is 6.92 Å². The van der Waals surface area contributed by atoms with Crippen molar-refractivity contribution in [3.05, 3.63) is 0 Å². The first-order chi connectivity index (χ1) is 2.56. The molecule has 0 aliphatic rings. The van der Waals surface area contributed by atoms with Crippen molar-refractivity contribution in [2.24, 2.45) is 0 Å². The van der Waals surface area contributed by atoms with Crippen LogP contribution in [0.3, 0.4) is 0 Å². The van der Waals surface area contributed by atoms with Crippen molar-refractivity contribution in [1.29, 1.82) is 0 Å². The lowest BCUT2D eigenvalue weighted by Crippen LogP contribution is -2.05. The third kappa shape index (κ3) is 4.89. The van der Waals surface area contributed by atoms with Crippen molar-refractivity contribution in [1.82, 2.24) is 0 Å². The Morgan fingerprint density at radius 1 is 1.67 bits per heavy atom. The first-order valence-electron chi connectivity index (χ1n) is 1.50. The topological polar surface area (TPSA) is 0 Å². The number of hydrogen-bond donors (Lipinski definition) is 0. The molecule has 0 fully saturated rings. The van der Waals surface area contributed by atoms with Gasteiger partial charge >= 0.3 is 0 Å². The van der Waals surface area contributed by atoms with E-state index in [-0.39, 0.29) is 0 Å². The van der Waals surface area contributed by atoms with Gasteiger partial charge in [0.1, 0.15) is 9.91 Å². The summed E-state index contributed by atoms with van der Waals surface area (Å²) >= 11 is 6.04. The van der Waals surface area contributed by atoms with Gasteiger partial charge < -0.3 is 0 Å². The minimum atomic E-state index is -0.500. The van der Waals surface area contributed by atoms with E-state index >= 15 is 0 Å². The van der Waals surface area contributed by atoms with Gasteiger partial charge in [-0.15, -0.1) is 0 Å². The van der Waals surface area contributed by atoms with Gasteiger partial charge in [0.15, 0.2) is 0 Å². The zero-order chi connectivity index (χ0) is 5.21. The van der Waals surface area contributed by atoms with Gasteiger partial charge in [0.05, 0.1) is 0 Å². The minimum absolute atomic E-state index is 0.396. The summed E-state index contributed by atoms with van der Waals surface area (Å²) in [5.41, 5.74) is 0. The monoisotopic (exact) mass is 218 g/mol.